The van der Waals surface area contributed by atoms with E-state index in [0.717, 1.165) is 15.6 Å². The zero-order chi connectivity index (χ0) is 11.4. The predicted molar refractivity (Wildman–Crippen MR) is 62.4 cm³/mol. The number of aryl methyl sites for hydroxylation is 1. The van der Waals surface area contributed by atoms with Crippen molar-refractivity contribution in [1.82, 2.24) is 5.06 Å². The Morgan fingerprint density at radius 3 is 2.67 bits per heavy atom. The van der Waals surface area contributed by atoms with Gasteiger partial charge in [0.2, 0.25) is 5.91 Å². The molecule has 0 fully saturated rings. The van der Waals surface area contributed by atoms with Gasteiger partial charge in [-0.05, 0) is 30.2 Å². The topological polar surface area (TPSA) is 29.5 Å². The van der Waals surface area contributed by atoms with Crippen LogP contribution in [-0.2, 0) is 16.1 Å². The monoisotopic (exact) mass is 271 g/mol. The third kappa shape index (κ3) is 3.64. The Labute approximate surface area is 98.1 Å². The van der Waals surface area contributed by atoms with Gasteiger partial charge in [0.1, 0.15) is 0 Å². The van der Waals surface area contributed by atoms with Gasteiger partial charge >= 0.3 is 0 Å². The molecule has 0 atom stereocenters. The van der Waals surface area contributed by atoms with E-state index in [4.69, 9.17) is 4.84 Å². The second-order valence-electron chi connectivity index (χ2n) is 3.39. The molecule has 0 radical (unpaired) electrons. The molecule has 1 amide bonds. The fraction of sp³-hybridized carbons (Fsp3) is 0.364. The van der Waals surface area contributed by atoms with Gasteiger partial charge in [-0.25, -0.2) is 5.06 Å². The molecule has 82 valence electrons. The average Bonchev–Trinajstić information content (AvgIpc) is 2.14. The highest BCUT2D eigenvalue weighted by Crippen LogP contribution is 2.16. The summed E-state index contributed by atoms with van der Waals surface area (Å²) < 4.78 is 0.991. The first kappa shape index (κ1) is 12.2. The molecule has 0 aliphatic rings. The van der Waals surface area contributed by atoms with Crippen molar-refractivity contribution in [2.24, 2.45) is 0 Å². The van der Waals surface area contributed by atoms with Gasteiger partial charge in [0.15, 0.2) is 0 Å². The second-order valence-corrected chi connectivity index (χ2v) is 4.30. The Kier molecular flexibility index (Phi) is 4.29. The van der Waals surface area contributed by atoms with Crippen LogP contribution in [0.5, 0.6) is 0 Å². The number of likely N-dealkylation sites (N-methyl/N-ethyl adjacent to an activating group) is 1. The summed E-state index contributed by atoms with van der Waals surface area (Å²) in [5, 5.41) is 1.23. The van der Waals surface area contributed by atoms with Crippen molar-refractivity contribution in [3.8, 4) is 0 Å². The van der Waals surface area contributed by atoms with E-state index in [1.807, 2.05) is 25.1 Å². The van der Waals surface area contributed by atoms with Gasteiger partial charge in [-0.3, -0.25) is 9.63 Å². The molecule has 0 spiro atoms. The number of halogens is 1. The first-order valence-electron chi connectivity index (χ1n) is 4.59. The normalized spacial score (nSPS) is 10.1. The standard InChI is InChI=1S/C11H14BrNO2/c1-8-4-9(6-10(12)5-8)7-11(14)13(2)15-3/h4-6H,7H2,1-3H3. The highest BCUT2D eigenvalue weighted by Gasteiger charge is 2.09. The molecular formula is C11H14BrNO2. The van der Waals surface area contributed by atoms with Crippen molar-refractivity contribution in [3.63, 3.8) is 0 Å². The molecule has 0 aromatic heterocycles. The Hall–Kier alpha value is -0.870. The number of rotatable bonds is 3. The van der Waals surface area contributed by atoms with Crippen molar-refractivity contribution in [1.29, 1.82) is 0 Å². The number of hydroxylamine groups is 2. The van der Waals surface area contributed by atoms with E-state index in [-0.39, 0.29) is 5.91 Å². The van der Waals surface area contributed by atoms with Crippen molar-refractivity contribution in [2.75, 3.05) is 14.2 Å². The lowest BCUT2D eigenvalue weighted by atomic mass is 10.1. The molecule has 3 nitrogen and oxygen atoms in total. The van der Waals surface area contributed by atoms with Gasteiger partial charge in [0.05, 0.1) is 13.5 Å². The fourth-order valence-electron chi connectivity index (χ4n) is 1.30. The summed E-state index contributed by atoms with van der Waals surface area (Å²) in [5.74, 6) is -0.0602. The van der Waals surface area contributed by atoms with Crippen LogP contribution in [0.15, 0.2) is 22.7 Å². The summed E-state index contributed by atoms with van der Waals surface area (Å²) in [7, 11) is 3.08. The van der Waals surface area contributed by atoms with Crippen LogP contribution in [0.3, 0.4) is 0 Å². The molecule has 0 unspecified atom stereocenters. The summed E-state index contributed by atoms with van der Waals surface area (Å²) >= 11 is 3.40. The van der Waals surface area contributed by atoms with Gasteiger partial charge in [-0.15, -0.1) is 0 Å². The predicted octanol–water partition coefficient (Wildman–Crippen LogP) is 2.32. The van der Waals surface area contributed by atoms with Crippen LogP contribution in [0.4, 0.5) is 0 Å². The fourth-order valence-corrected chi connectivity index (χ4v) is 1.96. The number of nitrogens with zero attached hydrogens (tertiary/aromatic N) is 1. The molecule has 0 heterocycles. The molecule has 1 rings (SSSR count). The zero-order valence-electron chi connectivity index (χ0n) is 9.08. The summed E-state index contributed by atoms with van der Waals surface area (Å²) in [4.78, 5) is 16.4. The average molecular weight is 272 g/mol. The zero-order valence-corrected chi connectivity index (χ0v) is 10.7. The lowest BCUT2D eigenvalue weighted by Crippen LogP contribution is -2.26. The Morgan fingerprint density at radius 2 is 2.13 bits per heavy atom. The van der Waals surface area contributed by atoms with Crippen LogP contribution in [0.1, 0.15) is 11.1 Å². The van der Waals surface area contributed by atoms with Gasteiger partial charge in [-0.2, -0.15) is 0 Å². The first-order chi connectivity index (χ1) is 7.02. The largest absolute Gasteiger partial charge is 0.275 e. The van der Waals surface area contributed by atoms with E-state index >= 15 is 0 Å². The van der Waals surface area contributed by atoms with E-state index in [1.54, 1.807) is 7.05 Å². The number of carbonyl (C=O) groups excluding carboxylic acids is 1. The number of benzene rings is 1. The minimum absolute atomic E-state index is 0.0602. The Balaban J connectivity index is 2.76. The Morgan fingerprint density at radius 1 is 1.47 bits per heavy atom. The number of hydrogen-bond donors (Lipinski definition) is 0. The molecule has 0 saturated carbocycles. The third-order valence-corrected chi connectivity index (χ3v) is 2.54. The van der Waals surface area contributed by atoms with E-state index in [0.29, 0.717) is 6.42 Å². The van der Waals surface area contributed by atoms with Crippen LogP contribution < -0.4 is 0 Å². The van der Waals surface area contributed by atoms with E-state index in [1.165, 1.54) is 12.2 Å². The molecule has 0 N–H and O–H groups in total. The number of hydrogen-bond acceptors (Lipinski definition) is 2. The highest BCUT2D eigenvalue weighted by atomic mass is 79.9. The van der Waals surface area contributed by atoms with Crippen LogP contribution >= 0.6 is 15.9 Å². The smallest absolute Gasteiger partial charge is 0.250 e. The van der Waals surface area contributed by atoms with Gasteiger partial charge in [0.25, 0.3) is 0 Å². The van der Waals surface area contributed by atoms with Crippen molar-refractivity contribution < 1.29 is 9.63 Å². The lowest BCUT2D eigenvalue weighted by Gasteiger charge is -2.13. The van der Waals surface area contributed by atoms with Crippen molar-refractivity contribution in [3.05, 3.63) is 33.8 Å². The van der Waals surface area contributed by atoms with Crippen LogP contribution in [-0.4, -0.2) is 25.1 Å². The molecular weight excluding hydrogens is 258 g/mol. The molecule has 0 aliphatic carbocycles. The van der Waals surface area contributed by atoms with E-state index < -0.39 is 0 Å². The molecule has 0 bridgehead atoms. The van der Waals surface area contributed by atoms with Crippen LogP contribution in [0, 0.1) is 6.92 Å². The molecule has 1 aromatic carbocycles. The third-order valence-electron chi connectivity index (χ3n) is 2.08. The molecule has 1 aromatic rings. The second kappa shape index (κ2) is 5.28. The van der Waals surface area contributed by atoms with Gasteiger partial charge < -0.3 is 0 Å². The maximum atomic E-state index is 11.6. The molecule has 0 aliphatic heterocycles. The van der Waals surface area contributed by atoms with Gasteiger partial charge in [-0.1, -0.05) is 22.0 Å². The minimum atomic E-state index is -0.0602. The molecule has 4 heteroatoms. The highest BCUT2D eigenvalue weighted by molar-refractivity contribution is 9.10. The van der Waals surface area contributed by atoms with Crippen LogP contribution in [0.25, 0.3) is 0 Å². The maximum absolute atomic E-state index is 11.6. The van der Waals surface area contributed by atoms with Crippen molar-refractivity contribution >= 4 is 21.8 Å². The van der Waals surface area contributed by atoms with E-state index in [9.17, 15) is 4.79 Å². The summed E-state index contributed by atoms with van der Waals surface area (Å²) in [6.45, 7) is 2.00. The van der Waals surface area contributed by atoms with Crippen molar-refractivity contribution in [2.45, 2.75) is 13.3 Å². The number of carbonyl (C=O) groups is 1. The summed E-state index contributed by atoms with van der Waals surface area (Å²) in [6, 6.07) is 5.94. The molecule has 0 saturated heterocycles. The lowest BCUT2D eigenvalue weighted by molar-refractivity contribution is -0.167. The molecule has 15 heavy (non-hydrogen) atoms. The van der Waals surface area contributed by atoms with Gasteiger partial charge in [0, 0.05) is 11.5 Å². The van der Waals surface area contributed by atoms with E-state index in [2.05, 4.69) is 15.9 Å². The minimum Gasteiger partial charge on any atom is -0.275 e. The maximum Gasteiger partial charge on any atom is 0.250 e. The SMILES string of the molecule is CON(C)C(=O)Cc1cc(C)cc(Br)c1. The first-order valence-corrected chi connectivity index (χ1v) is 5.39. The summed E-state index contributed by atoms with van der Waals surface area (Å²) in [6.07, 6.45) is 0.352. The van der Waals surface area contributed by atoms with Crippen LogP contribution in [0.2, 0.25) is 0 Å². The number of amides is 1. The Bertz CT molecular complexity index is 345. The summed E-state index contributed by atoms with van der Waals surface area (Å²) in [5.41, 5.74) is 2.11. The quantitative estimate of drug-likeness (QED) is 0.790.